The number of ether oxygens (including phenoxy) is 1. The molecule has 1 aliphatic rings. The van der Waals surface area contributed by atoms with Gasteiger partial charge >= 0.3 is 0 Å². The highest BCUT2D eigenvalue weighted by Gasteiger charge is 2.28. The summed E-state index contributed by atoms with van der Waals surface area (Å²) in [5, 5.41) is 0. The Kier molecular flexibility index (Phi) is 6.35. The van der Waals surface area contributed by atoms with Crippen molar-refractivity contribution in [1.82, 2.24) is 4.90 Å². The fourth-order valence-electron chi connectivity index (χ4n) is 1.65. The van der Waals surface area contributed by atoms with Gasteiger partial charge < -0.3 is 9.64 Å². The van der Waals surface area contributed by atoms with Crippen LogP contribution < -0.4 is 0 Å². The minimum absolute atomic E-state index is 0.446. The second-order valence-corrected chi connectivity index (χ2v) is 4.05. The number of piperidine rings is 1. The van der Waals surface area contributed by atoms with Gasteiger partial charge in [0.25, 0.3) is 0 Å². The summed E-state index contributed by atoms with van der Waals surface area (Å²) in [7, 11) is 3.98. The molecule has 0 amide bonds. The lowest BCUT2D eigenvalue weighted by molar-refractivity contribution is 0.0415. The van der Waals surface area contributed by atoms with Crippen molar-refractivity contribution in [3.8, 4) is 0 Å². The topological polar surface area (TPSA) is 12.5 Å². The van der Waals surface area contributed by atoms with E-state index in [1.807, 2.05) is 13.8 Å². The van der Waals surface area contributed by atoms with E-state index >= 15 is 0 Å². The molecule has 0 saturated carbocycles. The van der Waals surface area contributed by atoms with Crippen LogP contribution in [0.2, 0.25) is 0 Å². The fraction of sp³-hybridized carbons (Fsp3) is 1.00. The maximum absolute atomic E-state index is 5.20. The highest BCUT2D eigenvalue weighted by molar-refractivity contribution is 4.80. The Balaban J connectivity index is 0.000000671. The minimum atomic E-state index is 0.446. The fourth-order valence-corrected chi connectivity index (χ4v) is 1.65. The van der Waals surface area contributed by atoms with Crippen LogP contribution in [0.4, 0.5) is 0 Å². The van der Waals surface area contributed by atoms with E-state index in [9.17, 15) is 0 Å². The molecule has 1 rings (SSSR count). The summed E-state index contributed by atoms with van der Waals surface area (Å²) in [5.74, 6) is 0. The summed E-state index contributed by atoms with van der Waals surface area (Å²) < 4.78 is 5.20. The third-order valence-corrected chi connectivity index (χ3v) is 2.69. The smallest absolute Gasteiger partial charge is 0.0516 e. The van der Waals surface area contributed by atoms with Crippen LogP contribution in [0.1, 0.15) is 33.6 Å². The zero-order valence-corrected chi connectivity index (χ0v) is 9.89. The van der Waals surface area contributed by atoms with Crippen LogP contribution in [0.5, 0.6) is 0 Å². The quantitative estimate of drug-likeness (QED) is 0.658. The second kappa shape index (κ2) is 6.39. The Morgan fingerprint density at radius 3 is 2.08 bits per heavy atom. The van der Waals surface area contributed by atoms with Crippen LogP contribution in [0.25, 0.3) is 0 Å². The Morgan fingerprint density at radius 2 is 1.69 bits per heavy atom. The van der Waals surface area contributed by atoms with Crippen LogP contribution in [0.3, 0.4) is 0 Å². The largest absolute Gasteiger partial charge is 0.384 e. The summed E-state index contributed by atoms with van der Waals surface area (Å²) >= 11 is 0. The molecular weight excluding hydrogens is 162 g/mol. The molecule has 2 heteroatoms. The maximum atomic E-state index is 5.20. The third-order valence-electron chi connectivity index (χ3n) is 2.69. The summed E-state index contributed by atoms with van der Waals surface area (Å²) in [4.78, 5) is 2.39. The van der Waals surface area contributed by atoms with Crippen LogP contribution in [0, 0.1) is 5.41 Å². The van der Waals surface area contributed by atoms with Crippen LogP contribution in [-0.4, -0.2) is 38.8 Å². The van der Waals surface area contributed by atoms with E-state index in [0.717, 1.165) is 6.61 Å². The predicted octanol–water partition coefficient (Wildman–Crippen LogP) is 2.39. The first-order valence-electron chi connectivity index (χ1n) is 5.34. The van der Waals surface area contributed by atoms with Crippen molar-refractivity contribution in [3.05, 3.63) is 0 Å². The van der Waals surface area contributed by atoms with Gasteiger partial charge in [-0.2, -0.15) is 0 Å². The Labute approximate surface area is 83.3 Å². The zero-order valence-electron chi connectivity index (χ0n) is 9.89. The van der Waals surface area contributed by atoms with Crippen molar-refractivity contribution < 1.29 is 4.74 Å². The van der Waals surface area contributed by atoms with Gasteiger partial charge in [0.2, 0.25) is 0 Å². The summed E-state index contributed by atoms with van der Waals surface area (Å²) in [6.45, 7) is 9.68. The molecule has 0 aromatic heterocycles. The van der Waals surface area contributed by atoms with Gasteiger partial charge in [-0.3, -0.25) is 0 Å². The van der Waals surface area contributed by atoms with E-state index in [1.165, 1.54) is 25.9 Å². The molecule has 1 saturated heterocycles. The molecule has 0 N–H and O–H groups in total. The Morgan fingerprint density at radius 1 is 1.23 bits per heavy atom. The van der Waals surface area contributed by atoms with Crippen LogP contribution >= 0.6 is 0 Å². The van der Waals surface area contributed by atoms with Gasteiger partial charge in [0.05, 0.1) is 6.61 Å². The molecule has 80 valence electrons. The molecule has 0 aromatic rings. The van der Waals surface area contributed by atoms with Gasteiger partial charge in [-0.1, -0.05) is 20.8 Å². The molecule has 0 aliphatic carbocycles. The standard InChI is InChI=1S/C9H19NO.C2H6/c1-9(8-11-3)4-6-10(2)7-5-9;1-2/h4-8H2,1-3H3;1-2H3. The second-order valence-electron chi connectivity index (χ2n) is 4.05. The summed E-state index contributed by atoms with van der Waals surface area (Å²) in [5.41, 5.74) is 0.446. The van der Waals surface area contributed by atoms with Crippen molar-refractivity contribution in [2.75, 3.05) is 33.9 Å². The van der Waals surface area contributed by atoms with Crippen molar-refractivity contribution >= 4 is 0 Å². The summed E-state index contributed by atoms with van der Waals surface area (Å²) in [6.07, 6.45) is 2.55. The Bertz CT molecular complexity index is 117. The van der Waals surface area contributed by atoms with Crippen molar-refractivity contribution in [3.63, 3.8) is 0 Å². The van der Waals surface area contributed by atoms with Gasteiger partial charge in [0.15, 0.2) is 0 Å². The normalized spacial score (nSPS) is 21.9. The first kappa shape index (κ1) is 12.9. The van der Waals surface area contributed by atoms with E-state index in [-0.39, 0.29) is 0 Å². The molecule has 13 heavy (non-hydrogen) atoms. The SMILES string of the molecule is CC.COCC1(C)CCN(C)CC1. The lowest BCUT2D eigenvalue weighted by atomic mass is 9.81. The van der Waals surface area contributed by atoms with Crippen molar-refractivity contribution in [2.45, 2.75) is 33.6 Å². The van der Waals surface area contributed by atoms with Gasteiger partial charge in [-0.25, -0.2) is 0 Å². The average Bonchev–Trinajstić information content (AvgIpc) is 2.15. The molecule has 1 heterocycles. The van der Waals surface area contributed by atoms with E-state index in [4.69, 9.17) is 4.74 Å². The molecule has 1 aliphatic heterocycles. The number of hydrogen-bond donors (Lipinski definition) is 0. The molecule has 0 bridgehead atoms. The average molecular weight is 187 g/mol. The van der Waals surface area contributed by atoms with E-state index < -0.39 is 0 Å². The van der Waals surface area contributed by atoms with E-state index in [0.29, 0.717) is 5.41 Å². The first-order chi connectivity index (χ1) is 6.16. The zero-order chi connectivity index (χ0) is 10.3. The van der Waals surface area contributed by atoms with Crippen molar-refractivity contribution in [2.24, 2.45) is 5.41 Å². The van der Waals surface area contributed by atoms with Gasteiger partial charge in [-0.05, 0) is 38.4 Å². The third kappa shape index (κ3) is 4.63. The number of hydrogen-bond acceptors (Lipinski definition) is 2. The van der Waals surface area contributed by atoms with Gasteiger partial charge in [-0.15, -0.1) is 0 Å². The predicted molar refractivity (Wildman–Crippen MR) is 58.1 cm³/mol. The lowest BCUT2D eigenvalue weighted by Crippen LogP contribution is -2.38. The number of likely N-dealkylation sites (tertiary alicyclic amines) is 1. The number of rotatable bonds is 2. The monoisotopic (exact) mass is 187 g/mol. The van der Waals surface area contributed by atoms with Crippen LogP contribution in [-0.2, 0) is 4.74 Å². The van der Waals surface area contributed by atoms with Crippen molar-refractivity contribution in [1.29, 1.82) is 0 Å². The molecule has 1 fully saturated rings. The maximum Gasteiger partial charge on any atom is 0.0516 e. The summed E-state index contributed by atoms with van der Waals surface area (Å²) in [6, 6.07) is 0. The minimum Gasteiger partial charge on any atom is -0.384 e. The van der Waals surface area contributed by atoms with Gasteiger partial charge in [0.1, 0.15) is 0 Å². The van der Waals surface area contributed by atoms with Crippen LogP contribution in [0.15, 0.2) is 0 Å². The number of methoxy groups -OCH3 is 1. The molecule has 0 spiro atoms. The Hall–Kier alpha value is -0.0800. The number of nitrogens with zero attached hydrogens (tertiary/aromatic N) is 1. The molecule has 0 aromatic carbocycles. The molecule has 0 radical (unpaired) electrons. The molecule has 2 nitrogen and oxygen atoms in total. The van der Waals surface area contributed by atoms with E-state index in [1.54, 1.807) is 7.11 Å². The van der Waals surface area contributed by atoms with E-state index in [2.05, 4.69) is 18.9 Å². The first-order valence-corrected chi connectivity index (χ1v) is 5.34. The molecule has 0 atom stereocenters. The lowest BCUT2D eigenvalue weighted by Gasteiger charge is -2.37. The molecular formula is C11H25NO. The highest BCUT2D eigenvalue weighted by Crippen LogP contribution is 2.30. The van der Waals surface area contributed by atoms with Gasteiger partial charge in [0, 0.05) is 7.11 Å². The molecule has 0 unspecified atom stereocenters. The highest BCUT2D eigenvalue weighted by atomic mass is 16.5.